The summed E-state index contributed by atoms with van der Waals surface area (Å²) in [5.41, 5.74) is 2.48. The van der Waals surface area contributed by atoms with E-state index in [2.05, 4.69) is 41.5 Å². The zero-order valence-corrected chi connectivity index (χ0v) is 25.9. The van der Waals surface area contributed by atoms with Gasteiger partial charge in [0.05, 0.1) is 10.6 Å². The molecule has 5 heteroatoms. The van der Waals surface area contributed by atoms with Gasteiger partial charge in [0.15, 0.2) is 5.78 Å². The van der Waals surface area contributed by atoms with E-state index in [-0.39, 0.29) is 21.8 Å². The lowest BCUT2D eigenvalue weighted by Gasteiger charge is -2.33. The molecule has 0 aliphatic rings. The fraction of sp³-hybridized carbons (Fsp3) is 0.394. The largest absolute Gasteiger partial charge is 0.459 e. The van der Waals surface area contributed by atoms with Crippen LogP contribution in [0.2, 0.25) is 5.02 Å². The van der Waals surface area contributed by atoms with Crippen molar-refractivity contribution in [1.29, 1.82) is 0 Å². The maximum absolute atomic E-state index is 14.5. The second kappa shape index (κ2) is 10.5. The van der Waals surface area contributed by atoms with Crippen LogP contribution in [0.4, 0.5) is 0 Å². The molecular formula is C33H39ClO3P+. The van der Waals surface area contributed by atoms with Gasteiger partial charge in [-0.1, -0.05) is 121 Å². The van der Waals surface area contributed by atoms with E-state index in [0.717, 1.165) is 11.1 Å². The molecule has 0 saturated heterocycles. The van der Waals surface area contributed by atoms with E-state index in [4.69, 9.17) is 11.6 Å². The molecule has 0 heterocycles. The Balaban J connectivity index is 2.55. The Morgan fingerprint density at radius 1 is 0.711 bits per heavy atom. The standard InChI is InChI=1S/C33H39ClO3P/c1-20-15-14-18-24(34)25(20)30(36)38(37)29-23(32(5,6)7)19-22(31(2,3)4)26(27(29)33(8,9)10)28(35)21-16-12-11-13-17-21/h11-19H,1-10H3/q+1. The number of carbonyl (C=O) groups excluding carboxylic acids is 2. The first-order chi connectivity index (χ1) is 17.4. The summed E-state index contributed by atoms with van der Waals surface area (Å²) in [4.78, 5) is 28.2. The second-order valence-corrected chi connectivity index (χ2v) is 14.9. The lowest BCUT2D eigenvalue weighted by molar-refractivity contribution is 0.103. The van der Waals surface area contributed by atoms with Crippen molar-refractivity contribution in [3.05, 3.63) is 98.6 Å². The molecule has 0 fully saturated rings. The first-order valence-electron chi connectivity index (χ1n) is 13.0. The molecule has 0 saturated carbocycles. The molecular weight excluding hydrogens is 511 g/mol. The van der Waals surface area contributed by atoms with Crippen LogP contribution in [0.15, 0.2) is 54.6 Å². The quantitative estimate of drug-likeness (QED) is 0.235. The third kappa shape index (κ3) is 5.85. The highest BCUT2D eigenvalue weighted by Gasteiger charge is 2.47. The Hall–Kier alpha value is -2.61. The van der Waals surface area contributed by atoms with Gasteiger partial charge < -0.3 is 0 Å². The van der Waals surface area contributed by atoms with Gasteiger partial charge in [-0.15, -0.1) is 0 Å². The van der Waals surface area contributed by atoms with E-state index < -0.39 is 24.2 Å². The topological polar surface area (TPSA) is 51.2 Å². The van der Waals surface area contributed by atoms with E-state index >= 15 is 0 Å². The van der Waals surface area contributed by atoms with Crippen molar-refractivity contribution in [3.63, 3.8) is 0 Å². The molecule has 0 amide bonds. The molecule has 200 valence electrons. The Kier molecular flexibility index (Phi) is 8.28. The summed E-state index contributed by atoms with van der Waals surface area (Å²) in [5, 5.41) is 0.733. The van der Waals surface area contributed by atoms with E-state index in [1.165, 1.54) is 0 Å². The predicted molar refractivity (Wildman–Crippen MR) is 160 cm³/mol. The molecule has 0 aliphatic heterocycles. The zero-order chi connectivity index (χ0) is 28.8. The summed E-state index contributed by atoms with van der Waals surface area (Å²) in [6.07, 6.45) is 0. The van der Waals surface area contributed by atoms with Gasteiger partial charge in [-0.25, -0.2) is 4.79 Å². The molecule has 38 heavy (non-hydrogen) atoms. The Morgan fingerprint density at radius 3 is 1.74 bits per heavy atom. The summed E-state index contributed by atoms with van der Waals surface area (Å²) in [5.74, 6) is -0.132. The van der Waals surface area contributed by atoms with Crippen LogP contribution in [0.5, 0.6) is 0 Å². The van der Waals surface area contributed by atoms with Crippen molar-refractivity contribution in [1.82, 2.24) is 0 Å². The number of halogens is 1. The normalized spacial score (nSPS) is 12.9. The minimum absolute atomic E-state index is 0.132. The maximum Gasteiger partial charge on any atom is 0.459 e. The van der Waals surface area contributed by atoms with Crippen molar-refractivity contribution < 1.29 is 14.2 Å². The fourth-order valence-corrected chi connectivity index (χ4v) is 7.20. The highest BCUT2D eigenvalue weighted by Crippen LogP contribution is 2.44. The van der Waals surface area contributed by atoms with Crippen molar-refractivity contribution in [2.75, 3.05) is 0 Å². The predicted octanol–water partition coefficient (Wildman–Crippen LogP) is 9.07. The average molecular weight is 550 g/mol. The van der Waals surface area contributed by atoms with Crippen LogP contribution in [-0.2, 0) is 20.8 Å². The molecule has 3 nitrogen and oxygen atoms in total. The first kappa shape index (κ1) is 29.9. The molecule has 0 bridgehead atoms. The van der Waals surface area contributed by atoms with Crippen LogP contribution < -0.4 is 5.30 Å². The second-order valence-electron chi connectivity index (χ2n) is 13.0. The van der Waals surface area contributed by atoms with Gasteiger partial charge in [0.2, 0.25) is 5.30 Å². The van der Waals surface area contributed by atoms with Crippen molar-refractivity contribution in [3.8, 4) is 0 Å². The van der Waals surface area contributed by atoms with E-state index in [1.807, 2.05) is 45.0 Å². The lowest BCUT2D eigenvalue weighted by Crippen LogP contribution is -2.35. The van der Waals surface area contributed by atoms with Gasteiger partial charge in [-0.3, -0.25) is 4.79 Å². The van der Waals surface area contributed by atoms with Crippen LogP contribution in [0.1, 0.15) is 111 Å². The summed E-state index contributed by atoms with van der Waals surface area (Å²) in [6, 6.07) is 16.4. The number of ketones is 1. The fourth-order valence-electron chi connectivity index (χ4n) is 4.85. The summed E-state index contributed by atoms with van der Waals surface area (Å²) in [7, 11) is -2.60. The third-order valence-electron chi connectivity index (χ3n) is 6.75. The number of rotatable bonds is 5. The highest BCUT2D eigenvalue weighted by atomic mass is 35.5. The maximum atomic E-state index is 14.5. The van der Waals surface area contributed by atoms with Gasteiger partial charge in [0.1, 0.15) is 0 Å². The summed E-state index contributed by atoms with van der Waals surface area (Å²) < 4.78 is 14.5. The van der Waals surface area contributed by atoms with Gasteiger partial charge in [0.25, 0.3) is 0 Å². The molecule has 3 aromatic rings. The Morgan fingerprint density at radius 2 is 1.26 bits per heavy atom. The molecule has 1 unspecified atom stereocenters. The van der Waals surface area contributed by atoms with Gasteiger partial charge in [-0.05, 0) is 46.4 Å². The van der Waals surface area contributed by atoms with Crippen molar-refractivity contribution in [2.24, 2.45) is 0 Å². The number of hydrogen-bond acceptors (Lipinski definition) is 3. The number of hydrogen-bond donors (Lipinski definition) is 0. The van der Waals surface area contributed by atoms with E-state index in [0.29, 0.717) is 27.6 Å². The minimum Gasteiger partial charge on any atom is -0.289 e. The first-order valence-corrected chi connectivity index (χ1v) is 14.6. The highest BCUT2D eigenvalue weighted by molar-refractivity contribution is 7.71. The molecule has 0 aliphatic carbocycles. The van der Waals surface area contributed by atoms with E-state index in [1.54, 1.807) is 37.3 Å². The van der Waals surface area contributed by atoms with Crippen LogP contribution in [0.25, 0.3) is 0 Å². The third-order valence-corrected chi connectivity index (χ3v) is 8.53. The summed E-state index contributed by atoms with van der Waals surface area (Å²) >= 11 is 6.46. The van der Waals surface area contributed by atoms with Gasteiger partial charge >= 0.3 is 13.3 Å². The van der Waals surface area contributed by atoms with Crippen LogP contribution in [0.3, 0.4) is 0 Å². The number of benzene rings is 3. The smallest absolute Gasteiger partial charge is 0.289 e. The van der Waals surface area contributed by atoms with E-state index in [9.17, 15) is 14.2 Å². The minimum atomic E-state index is -2.60. The van der Waals surface area contributed by atoms with Gasteiger partial charge in [-0.2, -0.15) is 0 Å². The average Bonchev–Trinajstić information content (AvgIpc) is 2.80. The molecule has 1 atom stereocenters. The lowest BCUT2D eigenvalue weighted by atomic mass is 9.70. The molecule has 0 spiro atoms. The number of carbonyl (C=O) groups is 2. The summed E-state index contributed by atoms with van der Waals surface area (Å²) in [6.45, 7) is 20.3. The number of aryl methyl sites for hydroxylation is 1. The molecule has 0 N–H and O–H groups in total. The Bertz CT molecular complexity index is 1400. The van der Waals surface area contributed by atoms with Crippen molar-refractivity contribution >= 4 is 36.0 Å². The molecule has 0 radical (unpaired) electrons. The van der Waals surface area contributed by atoms with Gasteiger partial charge in [0, 0.05) is 22.3 Å². The monoisotopic (exact) mass is 549 g/mol. The zero-order valence-electron chi connectivity index (χ0n) is 24.2. The SMILES string of the molecule is Cc1cccc(Cl)c1C(=O)[P+](=O)c1c(C(C)(C)C)cc(C(C)(C)C)c(C(=O)c2ccccc2)c1C(C)(C)C. The van der Waals surface area contributed by atoms with Crippen LogP contribution in [-0.4, -0.2) is 11.3 Å². The molecule has 3 aromatic carbocycles. The molecule has 3 rings (SSSR count). The van der Waals surface area contributed by atoms with Crippen LogP contribution >= 0.6 is 19.4 Å². The molecule has 0 aromatic heterocycles. The van der Waals surface area contributed by atoms with Crippen LogP contribution in [0, 0.1) is 6.92 Å². The van der Waals surface area contributed by atoms with Crippen molar-refractivity contribution in [2.45, 2.75) is 85.5 Å². The Labute approximate surface area is 233 Å².